The van der Waals surface area contributed by atoms with E-state index >= 15 is 0 Å². The van der Waals surface area contributed by atoms with Gasteiger partial charge >= 0.3 is 0 Å². The highest BCUT2D eigenvalue weighted by Gasteiger charge is 2.21. The van der Waals surface area contributed by atoms with E-state index in [9.17, 15) is 10.1 Å². The summed E-state index contributed by atoms with van der Waals surface area (Å²) < 4.78 is 4.39. The molecule has 178 valence electrons. The monoisotopic (exact) mass is 466 g/mol. The summed E-state index contributed by atoms with van der Waals surface area (Å²) in [4.78, 5) is 21.3. The molecule has 4 heterocycles. The fourth-order valence-electron chi connectivity index (χ4n) is 4.92. The Hall–Kier alpha value is -3.89. The molecule has 1 fully saturated rings. The van der Waals surface area contributed by atoms with Crippen LogP contribution in [0, 0.1) is 18.3 Å². The van der Waals surface area contributed by atoms with E-state index in [2.05, 4.69) is 64.4 Å². The quantitative estimate of drug-likeness (QED) is 0.451. The minimum atomic E-state index is 0.137. The van der Waals surface area contributed by atoms with Crippen molar-refractivity contribution < 1.29 is 4.79 Å². The molecule has 0 spiro atoms. The number of nitrogens with zero attached hydrogens (tertiary/aromatic N) is 6. The number of amides is 1. The number of imidazole rings is 1. The second-order valence-corrected chi connectivity index (χ2v) is 9.30. The van der Waals surface area contributed by atoms with E-state index in [0.29, 0.717) is 12.1 Å². The molecule has 1 aliphatic rings. The fraction of sp³-hybridized carbons (Fsp3) is 0.321. The van der Waals surface area contributed by atoms with Crippen LogP contribution in [0.1, 0.15) is 30.3 Å². The Morgan fingerprint density at radius 3 is 2.66 bits per heavy atom. The Morgan fingerprint density at radius 1 is 1.06 bits per heavy atom. The Labute approximate surface area is 205 Å². The van der Waals surface area contributed by atoms with Crippen LogP contribution in [0.3, 0.4) is 0 Å². The van der Waals surface area contributed by atoms with Crippen LogP contribution < -0.4 is 0 Å². The van der Waals surface area contributed by atoms with Crippen molar-refractivity contribution in [1.29, 1.82) is 5.26 Å². The number of pyridine rings is 1. The lowest BCUT2D eigenvalue weighted by atomic mass is 10.1. The van der Waals surface area contributed by atoms with E-state index in [-0.39, 0.29) is 5.91 Å². The standard InChI is InChI=1S/C28H30N6O/c1-20-8-10-25(31(20)3)24-9-11-27-30-28(23-7-4-6-22(16-23)17-29)26(34(27)18-24)19-32-12-5-13-33(15-14-32)21(2)35/h4,6-11,16,18H,5,12-15,19H2,1-3H3. The molecule has 0 unspecified atom stereocenters. The molecule has 0 saturated carbocycles. The Morgan fingerprint density at radius 2 is 1.91 bits per heavy atom. The third-order valence-corrected chi connectivity index (χ3v) is 7.06. The smallest absolute Gasteiger partial charge is 0.219 e. The van der Waals surface area contributed by atoms with Gasteiger partial charge in [-0.15, -0.1) is 0 Å². The van der Waals surface area contributed by atoms with Crippen molar-refractivity contribution in [3.63, 3.8) is 0 Å². The van der Waals surface area contributed by atoms with Crippen LogP contribution in [0.5, 0.6) is 0 Å². The first-order chi connectivity index (χ1) is 16.9. The van der Waals surface area contributed by atoms with Crippen LogP contribution >= 0.6 is 0 Å². The maximum Gasteiger partial charge on any atom is 0.219 e. The summed E-state index contributed by atoms with van der Waals surface area (Å²) in [5.74, 6) is 0.137. The third-order valence-electron chi connectivity index (χ3n) is 7.06. The highest BCUT2D eigenvalue weighted by atomic mass is 16.2. The minimum Gasteiger partial charge on any atom is -0.348 e. The first-order valence-electron chi connectivity index (χ1n) is 12.1. The van der Waals surface area contributed by atoms with Gasteiger partial charge < -0.3 is 13.9 Å². The van der Waals surface area contributed by atoms with Crippen molar-refractivity contribution in [2.45, 2.75) is 26.8 Å². The molecule has 0 atom stereocenters. The number of carbonyl (C=O) groups is 1. The molecular weight excluding hydrogens is 436 g/mol. The average molecular weight is 467 g/mol. The van der Waals surface area contributed by atoms with Gasteiger partial charge in [0, 0.05) is 75.4 Å². The molecule has 7 heteroatoms. The Kier molecular flexibility index (Phi) is 6.14. The second-order valence-electron chi connectivity index (χ2n) is 9.30. The summed E-state index contributed by atoms with van der Waals surface area (Å²) in [5.41, 5.74) is 7.93. The number of benzene rings is 1. The summed E-state index contributed by atoms with van der Waals surface area (Å²) in [6.07, 6.45) is 3.12. The topological polar surface area (TPSA) is 69.6 Å². The van der Waals surface area contributed by atoms with Crippen LogP contribution in [-0.2, 0) is 18.4 Å². The molecular formula is C28H30N6O. The van der Waals surface area contributed by atoms with Crippen molar-refractivity contribution in [1.82, 2.24) is 23.8 Å². The summed E-state index contributed by atoms with van der Waals surface area (Å²) in [7, 11) is 2.08. The van der Waals surface area contributed by atoms with Gasteiger partial charge in [-0.25, -0.2) is 4.98 Å². The summed E-state index contributed by atoms with van der Waals surface area (Å²) in [6.45, 7) is 7.75. The third kappa shape index (κ3) is 4.45. The van der Waals surface area contributed by atoms with Crippen LogP contribution in [-0.4, -0.2) is 55.8 Å². The van der Waals surface area contributed by atoms with Crippen LogP contribution in [0.2, 0.25) is 0 Å². The summed E-state index contributed by atoms with van der Waals surface area (Å²) in [6, 6.07) is 18.4. The number of nitriles is 1. The molecule has 1 saturated heterocycles. The van der Waals surface area contributed by atoms with Crippen LogP contribution in [0.25, 0.3) is 28.2 Å². The number of fused-ring (bicyclic) bond motifs is 1. The lowest BCUT2D eigenvalue weighted by molar-refractivity contribution is -0.128. The SMILES string of the molecule is CC(=O)N1CCCN(Cc2c(-c3cccc(C#N)c3)nc3ccc(-c4ccc(C)n4C)cn23)CC1. The van der Waals surface area contributed by atoms with E-state index in [4.69, 9.17) is 4.98 Å². The van der Waals surface area contributed by atoms with Gasteiger partial charge in [-0.2, -0.15) is 5.26 Å². The van der Waals surface area contributed by atoms with Gasteiger partial charge in [-0.3, -0.25) is 9.69 Å². The van der Waals surface area contributed by atoms with Gasteiger partial charge in [0.1, 0.15) is 5.65 Å². The zero-order valence-electron chi connectivity index (χ0n) is 20.5. The lowest BCUT2D eigenvalue weighted by Crippen LogP contribution is -2.33. The van der Waals surface area contributed by atoms with E-state index in [1.807, 2.05) is 29.2 Å². The molecule has 1 aliphatic heterocycles. The Balaban J connectivity index is 1.60. The molecule has 0 radical (unpaired) electrons. The second kappa shape index (κ2) is 9.40. The predicted octanol–water partition coefficient (Wildman–Crippen LogP) is 4.24. The molecule has 35 heavy (non-hydrogen) atoms. The predicted molar refractivity (Wildman–Crippen MR) is 137 cm³/mol. The molecule has 1 amide bonds. The molecule has 4 aromatic rings. The van der Waals surface area contributed by atoms with Crippen molar-refractivity contribution in [2.24, 2.45) is 7.05 Å². The fourth-order valence-corrected chi connectivity index (χ4v) is 4.92. The Bertz CT molecular complexity index is 1440. The van der Waals surface area contributed by atoms with E-state index in [1.54, 1.807) is 6.92 Å². The molecule has 0 aliphatic carbocycles. The van der Waals surface area contributed by atoms with Gasteiger partial charge in [-0.05, 0) is 49.7 Å². The van der Waals surface area contributed by atoms with Crippen molar-refractivity contribution in [3.05, 3.63) is 71.7 Å². The van der Waals surface area contributed by atoms with Crippen molar-refractivity contribution in [2.75, 3.05) is 26.2 Å². The van der Waals surface area contributed by atoms with Crippen molar-refractivity contribution in [3.8, 4) is 28.6 Å². The number of hydrogen-bond acceptors (Lipinski definition) is 4. The first-order valence-corrected chi connectivity index (χ1v) is 12.1. The van der Waals surface area contributed by atoms with Crippen LogP contribution in [0.4, 0.5) is 0 Å². The minimum absolute atomic E-state index is 0.137. The highest BCUT2D eigenvalue weighted by Crippen LogP contribution is 2.29. The van der Waals surface area contributed by atoms with Gasteiger partial charge in [-0.1, -0.05) is 12.1 Å². The van der Waals surface area contributed by atoms with E-state index < -0.39 is 0 Å². The highest BCUT2D eigenvalue weighted by molar-refractivity contribution is 5.73. The molecule has 0 bridgehead atoms. The zero-order valence-corrected chi connectivity index (χ0v) is 20.5. The molecule has 0 N–H and O–H groups in total. The lowest BCUT2D eigenvalue weighted by Gasteiger charge is -2.21. The maximum absolute atomic E-state index is 11.9. The molecule has 5 rings (SSSR count). The van der Waals surface area contributed by atoms with E-state index in [0.717, 1.165) is 66.5 Å². The van der Waals surface area contributed by atoms with Crippen molar-refractivity contribution >= 4 is 11.6 Å². The van der Waals surface area contributed by atoms with Gasteiger partial charge in [0.05, 0.1) is 23.0 Å². The normalized spacial score (nSPS) is 14.7. The van der Waals surface area contributed by atoms with Gasteiger partial charge in [0.25, 0.3) is 0 Å². The summed E-state index contributed by atoms with van der Waals surface area (Å²) >= 11 is 0. The first kappa shape index (κ1) is 22.9. The van der Waals surface area contributed by atoms with Crippen LogP contribution in [0.15, 0.2) is 54.7 Å². The number of rotatable bonds is 4. The number of carbonyl (C=O) groups excluding carboxylic acids is 1. The summed E-state index contributed by atoms with van der Waals surface area (Å²) in [5, 5.41) is 9.45. The number of hydrogen-bond donors (Lipinski definition) is 0. The van der Waals surface area contributed by atoms with E-state index in [1.165, 1.54) is 5.69 Å². The van der Waals surface area contributed by atoms with Gasteiger partial charge in [0.2, 0.25) is 5.91 Å². The number of aryl methyl sites for hydroxylation is 1. The average Bonchev–Trinajstić information content (AvgIpc) is 3.28. The molecule has 3 aromatic heterocycles. The maximum atomic E-state index is 11.9. The number of aromatic nitrogens is 3. The molecule has 1 aromatic carbocycles. The molecule has 7 nitrogen and oxygen atoms in total. The largest absolute Gasteiger partial charge is 0.348 e. The van der Waals surface area contributed by atoms with Gasteiger partial charge in [0.15, 0.2) is 0 Å². The zero-order chi connectivity index (χ0) is 24.5.